The summed E-state index contributed by atoms with van der Waals surface area (Å²) in [6, 6.07) is 0. The number of hydrogen-bond acceptors (Lipinski definition) is 4. The van der Waals surface area contributed by atoms with Crippen molar-refractivity contribution in [3.8, 4) is 0 Å². The van der Waals surface area contributed by atoms with Crippen molar-refractivity contribution in [2.24, 2.45) is 0 Å². The Morgan fingerprint density at radius 2 is 1.19 bits per heavy atom. The van der Waals surface area contributed by atoms with Crippen LogP contribution in [-0.4, -0.2) is 47.3 Å². The van der Waals surface area contributed by atoms with E-state index in [1.165, 1.54) is 6.42 Å². The minimum Gasteiger partial charge on any atom is -0.380 e. The predicted octanol–water partition coefficient (Wildman–Crippen LogP) is 0.711. The van der Waals surface area contributed by atoms with Gasteiger partial charge in [-0.25, -0.2) is 0 Å². The van der Waals surface area contributed by atoms with Crippen molar-refractivity contribution in [3.63, 3.8) is 0 Å². The topological polar surface area (TPSA) is 98.7 Å². The van der Waals surface area contributed by atoms with E-state index in [4.69, 9.17) is 0 Å². The zero-order chi connectivity index (χ0) is 16.1. The molecule has 2 unspecified atom stereocenters. The number of hydrogen-bond donors (Lipinski definition) is 4. The fourth-order valence-corrected chi connectivity index (χ4v) is 1.82. The third kappa shape index (κ3) is 9.42. The second-order valence-corrected chi connectivity index (χ2v) is 5.24. The fraction of sp³-hybridized carbons (Fsp3) is 0.867. The fourth-order valence-electron chi connectivity index (χ4n) is 1.82. The van der Waals surface area contributed by atoms with E-state index in [-0.39, 0.29) is 0 Å². The van der Waals surface area contributed by atoms with Gasteiger partial charge in [0.15, 0.2) is 12.2 Å². The van der Waals surface area contributed by atoms with Crippen LogP contribution in [0.25, 0.3) is 0 Å². The summed E-state index contributed by atoms with van der Waals surface area (Å²) in [5.41, 5.74) is 0. The zero-order valence-electron chi connectivity index (χ0n) is 13.2. The number of aliphatic hydroxyl groups is 2. The number of carbonyl (C=O) groups excluding carboxylic acids is 2. The quantitative estimate of drug-likeness (QED) is 0.399. The van der Waals surface area contributed by atoms with Gasteiger partial charge in [0.05, 0.1) is 0 Å². The van der Waals surface area contributed by atoms with Crippen LogP contribution in [0.3, 0.4) is 0 Å². The average molecular weight is 302 g/mol. The molecule has 0 aromatic carbocycles. The number of carbonyl (C=O) groups is 2. The molecule has 0 saturated heterocycles. The zero-order valence-corrected chi connectivity index (χ0v) is 13.2. The predicted molar refractivity (Wildman–Crippen MR) is 81.7 cm³/mol. The Kier molecular flexibility index (Phi) is 11.9. The average Bonchev–Trinajstić information content (AvgIpc) is 2.49. The van der Waals surface area contributed by atoms with E-state index in [0.717, 1.165) is 38.5 Å². The Bertz CT molecular complexity index is 297. The van der Waals surface area contributed by atoms with Crippen molar-refractivity contribution in [3.05, 3.63) is 0 Å². The van der Waals surface area contributed by atoms with Crippen LogP contribution in [0.4, 0.5) is 0 Å². The van der Waals surface area contributed by atoms with E-state index in [0.29, 0.717) is 13.1 Å². The van der Waals surface area contributed by atoms with Gasteiger partial charge in [0.25, 0.3) is 11.8 Å². The maximum atomic E-state index is 11.6. The largest absolute Gasteiger partial charge is 0.380 e. The molecule has 0 aliphatic carbocycles. The molecule has 2 amide bonds. The molecule has 0 aliphatic heterocycles. The van der Waals surface area contributed by atoms with Crippen molar-refractivity contribution in [2.75, 3.05) is 13.1 Å². The monoisotopic (exact) mass is 302 g/mol. The molecule has 0 fully saturated rings. The summed E-state index contributed by atoms with van der Waals surface area (Å²) in [7, 11) is 0. The molecule has 4 N–H and O–H groups in total. The summed E-state index contributed by atoms with van der Waals surface area (Å²) in [6.45, 7) is 4.98. The van der Waals surface area contributed by atoms with E-state index < -0.39 is 24.0 Å². The highest BCUT2D eigenvalue weighted by Gasteiger charge is 2.29. The highest BCUT2D eigenvalue weighted by atomic mass is 16.3. The van der Waals surface area contributed by atoms with E-state index >= 15 is 0 Å². The number of rotatable bonds is 12. The van der Waals surface area contributed by atoms with Crippen LogP contribution >= 0.6 is 0 Å². The Morgan fingerprint density at radius 3 is 1.67 bits per heavy atom. The standard InChI is InChI=1S/C15H30N2O4/c1-3-5-7-8-9-11-17-15(21)13(19)12(18)14(20)16-10-6-4-2/h12-13,18-19H,3-11H2,1-2H3,(H,16,20)(H,17,21). The molecule has 0 aliphatic rings. The molecule has 0 bridgehead atoms. The molecule has 0 aromatic heterocycles. The first-order valence-electron chi connectivity index (χ1n) is 7.96. The highest BCUT2D eigenvalue weighted by Crippen LogP contribution is 2.01. The van der Waals surface area contributed by atoms with Crippen LogP contribution in [0, 0.1) is 0 Å². The van der Waals surface area contributed by atoms with Gasteiger partial charge >= 0.3 is 0 Å². The van der Waals surface area contributed by atoms with Gasteiger partial charge in [0.1, 0.15) is 0 Å². The van der Waals surface area contributed by atoms with Crippen LogP contribution in [0.2, 0.25) is 0 Å². The van der Waals surface area contributed by atoms with Crippen molar-refractivity contribution in [1.29, 1.82) is 0 Å². The minimum atomic E-state index is -1.72. The highest BCUT2D eigenvalue weighted by molar-refractivity contribution is 5.90. The lowest BCUT2D eigenvalue weighted by Gasteiger charge is -2.17. The summed E-state index contributed by atoms with van der Waals surface area (Å²) in [5.74, 6) is -1.42. The smallest absolute Gasteiger partial charge is 0.252 e. The number of aliphatic hydroxyl groups excluding tert-OH is 2. The first-order valence-corrected chi connectivity index (χ1v) is 7.96. The maximum Gasteiger partial charge on any atom is 0.252 e. The Hall–Kier alpha value is -1.14. The minimum absolute atomic E-state index is 0.429. The molecule has 6 nitrogen and oxygen atoms in total. The van der Waals surface area contributed by atoms with Crippen molar-refractivity contribution in [2.45, 2.75) is 71.0 Å². The lowest BCUT2D eigenvalue weighted by atomic mass is 10.1. The van der Waals surface area contributed by atoms with Crippen molar-refractivity contribution < 1.29 is 19.8 Å². The normalized spacial score (nSPS) is 13.5. The Labute approximate surface area is 127 Å². The number of amides is 2. The van der Waals surface area contributed by atoms with Gasteiger partial charge in [-0.15, -0.1) is 0 Å². The lowest BCUT2D eigenvalue weighted by molar-refractivity contribution is -0.146. The van der Waals surface area contributed by atoms with E-state index in [2.05, 4.69) is 17.6 Å². The van der Waals surface area contributed by atoms with Crippen molar-refractivity contribution in [1.82, 2.24) is 10.6 Å². The second-order valence-electron chi connectivity index (χ2n) is 5.24. The Balaban J connectivity index is 3.87. The van der Waals surface area contributed by atoms with E-state index in [1.807, 2.05) is 6.92 Å². The summed E-state index contributed by atoms with van der Waals surface area (Å²) in [4.78, 5) is 23.1. The molecular formula is C15H30N2O4. The van der Waals surface area contributed by atoms with Gasteiger partial charge in [0.2, 0.25) is 0 Å². The molecule has 2 atom stereocenters. The lowest BCUT2D eigenvalue weighted by Crippen LogP contribution is -2.49. The molecule has 6 heteroatoms. The Morgan fingerprint density at radius 1 is 0.762 bits per heavy atom. The SMILES string of the molecule is CCCCCCCNC(=O)C(O)C(O)C(=O)NCCCC. The van der Waals surface area contributed by atoms with Crippen molar-refractivity contribution >= 4 is 11.8 Å². The molecular weight excluding hydrogens is 272 g/mol. The van der Waals surface area contributed by atoms with E-state index in [1.54, 1.807) is 0 Å². The van der Waals surface area contributed by atoms with Crippen LogP contribution in [0.5, 0.6) is 0 Å². The summed E-state index contributed by atoms with van der Waals surface area (Å²) in [6.07, 6.45) is 3.57. The second kappa shape index (κ2) is 12.6. The van der Waals surface area contributed by atoms with Gasteiger partial charge in [0, 0.05) is 13.1 Å². The molecule has 0 rings (SSSR count). The number of nitrogens with one attached hydrogen (secondary N) is 2. The van der Waals surface area contributed by atoms with Gasteiger partial charge in [-0.05, 0) is 12.8 Å². The molecule has 124 valence electrons. The van der Waals surface area contributed by atoms with Crippen LogP contribution in [0.1, 0.15) is 58.8 Å². The first kappa shape index (κ1) is 19.9. The molecule has 0 aromatic rings. The van der Waals surface area contributed by atoms with Gasteiger partial charge in [-0.2, -0.15) is 0 Å². The maximum absolute atomic E-state index is 11.6. The molecule has 21 heavy (non-hydrogen) atoms. The summed E-state index contributed by atoms with van der Waals surface area (Å²) >= 11 is 0. The summed E-state index contributed by atoms with van der Waals surface area (Å²) in [5, 5.41) is 24.3. The molecule has 0 saturated carbocycles. The molecule has 0 radical (unpaired) electrons. The number of unbranched alkanes of at least 4 members (excludes halogenated alkanes) is 5. The summed E-state index contributed by atoms with van der Waals surface area (Å²) < 4.78 is 0. The van der Waals surface area contributed by atoms with E-state index in [9.17, 15) is 19.8 Å². The van der Waals surface area contributed by atoms with Gasteiger partial charge in [-0.3, -0.25) is 9.59 Å². The third-order valence-corrected chi connectivity index (χ3v) is 3.25. The van der Waals surface area contributed by atoms with Crippen LogP contribution in [-0.2, 0) is 9.59 Å². The first-order chi connectivity index (χ1) is 10.0. The molecule has 0 heterocycles. The van der Waals surface area contributed by atoms with Gasteiger partial charge < -0.3 is 20.8 Å². The van der Waals surface area contributed by atoms with Crippen LogP contribution in [0.15, 0.2) is 0 Å². The third-order valence-electron chi connectivity index (χ3n) is 3.25. The molecule has 0 spiro atoms. The van der Waals surface area contributed by atoms with Crippen LogP contribution < -0.4 is 10.6 Å². The van der Waals surface area contributed by atoms with Gasteiger partial charge in [-0.1, -0.05) is 46.0 Å².